The number of hydrogen-bond acceptors (Lipinski definition) is 4. The Labute approximate surface area is 150 Å². The molecule has 5 nitrogen and oxygen atoms in total. The topological polar surface area (TPSA) is 71.5 Å². The second kappa shape index (κ2) is 8.11. The summed E-state index contributed by atoms with van der Waals surface area (Å²) in [5.74, 6) is -0.0657. The van der Waals surface area contributed by atoms with Gasteiger partial charge in [-0.25, -0.2) is 9.78 Å². The Hall–Kier alpha value is -1.14. The van der Waals surface area contributed by atoms with Gasteiger partial charge in [0.25, 0.3) is 0 Å². The van der Waals surface area contributed by atoms with Crippen LogP contribution in [0, 0.1) is 5.41 Å². The Morgan fingerprint density at radius 2 is 1.91 bits per heavy atom. The molecule has 0 aliphatic rings. The Bertz CT molecular complexity index is 539. The fourth-order valence-corrected chi connectivity index (χ4v) is 1.95. The molecule has 2 N–H and O–H groups in total. The summed E-state index contributed by atoms with van der Waals surface area (Å²) in [7, 11) is 0. The molecule has 0 spiro atoms. The third-order valence-corrected chi connectivity index (χ3v) is 3.34. The lowest BCUT2D eigenvalue weighted by Gasteiger charge is -2.32. The van der Waals surface area contributed by atoms with Crippen molar-refractivity contribution in [1.82, 2.24) is 10.3 Å². The molecule has 0 saturated heterocycles. The smallest absolute Gasteiger partial charge is 0.407 e. The van der Waals surface area contributed by atoms with Gasteiger partial charge < -0.3 is 15.2 Å². The van der Waals surface area contributed by atoms with Crippen molar-refractivity contribution in [3.05, 3.63) is 23.0 Å². The number of ether oxygens (including phenoxy) is 1. The first-order valence-electron chi connectivity index (χ1n) is 7.21. The maximum absolute atomic E-state index is 12.0. The quantitative estimate of drug-likeness (QED) is 0.796. The molecular weight excluding hydrogens is 336 g/mol. The summed E-state index contributed by atoms with van der Waals surface area (Å²) in [6.45, 7) is 11.5. The molecule has 7 heteroatoms. The second-order valence-corrected chi connectivity index (χ2v) is 7.78. The van der Waals surface area contributed by atoms with Crippen LogP contribution >= 0.6 is 25.1 Å². The van der Waals surface area contributed by atoms with E-state index in [-0.39, 0.29) is 35.9 Å². The molecule has 1 atom stereocenters. The average Bonchev–Trinajstić information content (AvgIpc) is 2.29. The van der Waals surface area contributed by atoms with E-state index in [4.69, 9.17) is 16.3 Å². The van der Waals surface area contributed by atoms with Crippen molar-refractivity contribution in [3.63, 3.8) is 0 Å². The predicted molar refractivity (Wildman–Crippen MR) is 97.6 cm³/mol. The molecule has 0 aliphatic heterocycles. The Morgan fingerprint density at radius 3 is 2.35 bits per heavy atom. The highest BCUT2D eigenvalue weighted by atomic mass is 35.5. The van der Waals surface area contributed by atoms with E-state index in [0.29, 0.717) is 6.42 Å². The zero-order chi connectivity index (χ0) is 17.1. The van der Waals surface area contributed by atoms with Crippen LogP contribution < -0.4 is 5.32 Å². The first-order valence-corrected chi connectivity index (χ1v) is 7.59. The van der Waals surface area contributed by atoms with Crippen LogP contribution in [0.15, 0.2) is 12.3 Å². The molecule has 1 heterocycles. The maximum Gasteiger partial charge on any atom is 0.407 e. The van der Waals surface area contributed by atoms with Gasteiger partial charge in [-0.2, -0.15) is 13.5 Å². The van der Waals surface area contributed by atoms with E-state index >= 15 is 0 Å². The van der Waals surface area contributed by atoms with Crippen LogP contribution in [0.3, 0.4) is 0 Å². The summed E-state index contributed by atoms with van der Waals surface area (Å²) in [6, 6.07) is 1.38. The van der Waals surface area contributed by atoms with Crippen LogP contribution in [0.2, 0.25) is 5.15 Å². The highest BCUT2D eigenvalue weighted by Gasteiger charge is 2.28. The van der Waals surface area contributed by atoms with Gasteiger partial charge in [0.2, 0.25) is 0 Å². The minimum atomic E-state index is -0.549. The average molecular weight is 363 g/mol. The number of aromatic nitrogens is 1. The number of carbonyl (C=O) groups excluding carboxylic acids is 1. The van der Waals surface area contributed by atoms with Gasteiger partial charge in [0.1, 0.15) is 5.60 Å². The molecule has 1 aromatic rings. The summed E-state index contributed by atoms with van der Waals surface area (Å²) in [5, 5.41) is 12.6. The van der Waals surface area contributed by atoms with Crippen molar-refractivity contribution in [2.24, 2.45) is 5.41 Å². The fraction of sp³-hybridized carbons (Fsp3) is 0.625. The van der Waals surface area contributed by atoms with Crippen molar-refractivity contribution in [1.29, 1.82) is 0 Å². The molecule has 0 saturated carbocycles. The van der Waals surface area contributed by atoms with Gasteiger partial charge in [-0.15, -0.1) is 0 Å². The number of pyridine rings is 1. The molecule has 0 aromatic carbocycles. The van der Waals surface area contributed by atoms with Crippen LogP contribution in [0.4, 0.5) is 4.79 Å². The van der Waals surface area contributed by atoms with Gasteiger partial charge in [0.05, 0.1) is 0 Å². The number of halogens is 1. The summed E-state index contributed by atoms with van der Waals surface area (Å²) in [6.07, 6.45) is 1.65. The summed E-state index contributed by atoms with van der Waals surface area (Å²) in [4.78, 5) is 15.9. The van der Waals surface area contributed by atoms with Crippen LogP contribution in [0.1, 0.15) is 47.1 Å². The zero-order valence-corrected chi connectivity index (χ0v) is 16.3. The number of nitrogens with zero attached hydrogens (tertiary/aromatic N) is 1. The molecule has 0 radical (unpaired) electrons. The molecule has 0 aliphatic carbocycles. The van der Waals surface area contributed by atoms with Crippen molar-refractivity contribution in [2.45, 2.75) is 59.6 Å². The first-order chi connectivity index (χ1) is 9.88. The Balaban J connectivity index is 0.00000484. The molecular formula is C16H27ClN2O3S. The number of carbonyl (C=O) groups is 1. The Morgan fingerprint density at radius 1 is 1.35 bits per heavy atom. The number of amides is 1. The first kappa shape index (κ1) is 21.9. The molecule has 0 unspecified atom stereocenters. The molecule has 1 aromatic heterocycles. The van der Waals surface area contributed by atoms with E-state index in [1.54, 1.807) is 12.3 Å². The summed E-state index contributed by atoms with van der Waals surface area (Å²) < 4.78 is 5.31. The van der Waals surface area contributed by atoms with E-state index < -0.39 is 11.7 Å². The monoisotopic (exact) mass is 362 g/mol. The highest BCUT2D eigenvalue weighted by molar-refractivity contribution is 7.59. The molecule has 0 bridgehead atoms. The van der Waals surface area contributed by atoms with Crippen molar-refractivity contribution >= 4 is 31.2 Å². The van der Waals surface area contributed by atoms with Gasteiger partial charge in [-0.1, -0.05) is 32.4 Å². The minimum absolute atomic E-state index is 0. The molecule has 1 amide bonds. The van der Waals surface area contributed by atoms with Gasteiger partial charge in [-0.05, 0) is 44.2 Å². The number of aromatic hydroxyl groups is 1. The van der Waals surface area contributed by atoms with Crippen LogP contribution in [0.25, 0.3) is 0 Å². The normalized spacial score (nSPS) is 13.0. The zero-order valence-electron chi connectivity index (χ0n) is 14.5. The number of nitrogens with one attached hydrogen (secondary N) is 1. The van der Waals surface area contributed by atoms with Crippen LogP contribution in [-0.2, 0) is 11.2 Å². The largest absolute Gasteiger partial charge is 0.505 e. The highest BCUT2D eigenvalue weighted by Crippen LogP contribution is 2.26. The van der Waals surface area contributed by atoms with E-state index in [0.717, 1.165) is 5.56 Å². The van der Waals surface area contributed by atoms with E-state index in [1.165, 1.54) is 0 Å². The van der Waals surface area contributed by atoms with Gasteiger partial charge in [0.15, 0.2) is 10.9 Å². The number of rotatable bonds is 3. The number of alkyl carbamates (subject to hydrolysis) is 1. The molecule has 0 fully saturated rings. The predicted octanol–water partition coefficient (Wildman–Crippen LogP) is 4.04. The summed E-state index contributed by atoms with van der Waals surface area (Å²) >= 11 is 5.71. The third-order valence-electron chi connectivity index (χ3n) is 3.05. The number of hydrogen-bond donors (Lipinski definition) is 2. The summed E-state index contributed by atoms with van der Waals surface area (Å²) in [5.41, 5.74) is 0.0524. The lowest BCUT2D eigenvalue weighted by atomic mass is 9.83. The lowest BCUT2D eigenvalue weighted by molar-refractivity contribution is 0.0464. The molecule has 1 rings (SSSR count). The lowest BCUT2D eigenvalue weighted by Crippen LogP contribution is -2.47. The van der Waals surface area contributed by atoms with Gasteiger partial charge in [0, 0.05) is 12.2 Å². The van der Waals surface area contributed by atoms with Crippen molar-refractivity contribution < 1.29 is 14.6 Å². The van der Waals surface area contributed by atoms with Crippen LogP contribution in [0.5, 0.6) is 5.75 Å². The van der Waals surface area contributed by atoms with E-state index in [2.05, 4.69) is 10.3 Å². The fourth-order valence-electron chi connectivity index (χ4n) is 1.85. The standard InChI is InChI=1S/C16H25ClN2O3.H2S/c1-15(2,3)12(19-14(21)22-16(4,5)6)8-10-7-11(20)13(17)18-9-10;/h7,9,12,20H,8H2,1-6H3,(H,19,21);1H2/t12-;/m0./s1. The van der Waals surface area contributed by atoms with E-state index in [1.807, 2.05) is 41.5 Å². The maximum atomic E-state index is 12.0. The molecule has 132 valence electrons. The minimum Gasteiger partial charge on any atom is -0.505 e. The van der Waals surface area contributed by atoms with Crippen LogP contribution in [-0.4, -0.2) is 27.8 Å². The van der Waals surface area contributed by atoms with Gasteiger partial charge >= 0.3 is 6.09 Å². The van der Waals surface area contributed by atoms with E-state index in [9.17, 15) is 9.90 Å². The van der Waals surface area contributed by atoms with Crippen molar-refractivity contribution in [3.8, 4) is 5.75 Å². The second-order valence-electron chi connectivity index (χ2n) is 7.42. The third kappa shape index (κ3) is 7.79. The SMILES string of the molecule is CC(C)(C)OC(=O)N[C@@H](Cc1cnc(Cl)c(O)c1)C(C)(C)C.S. The van der Waals surface area contributed by atoms with Crippen molar-refractivity contribution in [2.75, 3.05) is 0 Å². The van der Waals surface area contributed by atoms with Gasteiger partial charge in [-0.3, -0.25) is 0 Å². The Kier molecular flexibility index (Phi) is 7.70. The molecule has 23 heavy (non-hydrogen) atoms.